The number of carbonyl (C=O) groups excluding carboxylic acids is 1. The average molecular weight is 331 g/mol. The lowest BCUT2D eigenvalue weighted by Crippen LogP contribution is -2.13. The lowest BCUT2D eigenvalue weighted by atomic mass is 10.2. The summed E-state index contributed by atoms with van der Waals surface area (Å²) in [5, 5.41) is 21.8. The first-order valence-electron chi connectivity index (χ1n) is 5.57. The number of hydrogen-bond acceptors (Lipinski definition) is 4. The zero-order chi connectivity index (χ0) is 14.1. The highest BCUT2D eigenvalue weighted by Gasteiger charge is 2.12. The molecule has 0 atom stereocenters. The summed E-state index contributed by atoms with van der Waals surface area (Å²) in [5.41, 5.74) is 1.85. The van der Waals surface area contributed by atoms with Crippen LogP contribution in [0.4, 0.5) is 5.69 Å². The molecule has 1 amide bonds. The van der Waals surface area contributed by atoms with E-state index in [0.29, 0.717) is 11.3 Å². The summed E-state index contributed by atoms with van der Waals surface area (Å²) in [6.07, 6.45) is 4.65. The van der Waals surface area contributed by atoms with Crippen molar-refractivity contribution in [2.24, 2.45) is 0 Å². The second-order valence-corrected chi connectivity index (χ2v) is 4.82. The Morgan fingerprint density at radius 3 is 3.10 bits per heavy atom. The topological polar surface area (TPSA) is 98.9 Å². The number of aromatic nitrogens is 4. The van der Waals surface area contributed by atoms with Crippen LogP contribution in [0.5, 0.6) is 0 Å². The predicted molar refractivity (Wildman–Crippen MR) is 74.1 cm³/mol. The number of nitriles is 1. The van der Waals surface area contributed by atoms with Crippen LogP contribution in [0.1, 0.15) is 16.1 Å². The van der Waals surface area contributed by atoms with Crippen LogP contribution in [0.15, 0.2) is 35.2 Å². The molecule has 0 fully saturated rings. The first kappa shape index (κ1) is 12.4. The summed E-state index contributed by atoms with van der Waals surface area (Å²) in [6, 6.07) is 5.38. The Kier molecular flexibility index (Phi) is 2.96. The molecular weight excluding hydrogens is 324 g/mol. The highest BCUT2D eigenvalue weighted by atomic mass is 79.9. The number of carbonyl (C=O) groups is 1. The van der Waals surface area contributed by atoms with Gasteiger partial charge in [-0.05, 0) is 28.1 Å². The standard InChI is InChI=1S/C12H7BrN6O/c13-8-4-16-19-6-7(1-2-11(8)19)12(20)17-10-5-15-18-9(10)3-14/h1-2,4-6H,(H,15,18)(H,17,20). The maximum atomic E-state index is 12.1. The number of nitrogens with one attached hydrogen (secondary N) is 2. The van der Waals surface area contributed by atoms with Crippen LogP contribution in [-0.2, 0) is 0 Å². The molecular formula is C12H7BrN6O. The number of amides is 1. The third-order valence-electron chi connectivity index (χ3n) is 2.73. The van der Waals surface area contributed by atoms with Gasteiger partial charge in [0, 0.05) is 6.20 Å². The van der Waals surface area contributed by atoms with Gasteiger partial charge in [-0.25, -0.2) is 4.52 Å². The molecule has 0 unspecified atom stereocenters. The molecule has 20 heavy (non-hydrogen) atoms. The van der Waals surface area contributed by atoms with Crippen molar-refractivity contribution in [1.82, 2.24) is 19.8 Å². The van der Waals surface area contributed by atoms with E-state index in [1.807, 2.05) is 6.07 Å². The van der Waals surface area contributed by atoms with Crippen LogP contribution >= 0.6 is 15.9 Å². The van der Waals surface area contributed by atoms with Crippen LogP contribution < -0.4 is 5.32 Å². The molecule has 0 radical (unpaired) electrons. The lowest BCUT2D eigenvalue weighted by molar-refractivity contribution is 0.102. The number of pyridine rings is 1. The molecule has 0 spiro atoms. The molecule has 98 valence electrons. The molecule has 0 aliphatic rings. The molecule has 3 heterocycles. The van der Waals surface area contributed by atoms with Crippen LogP contribution in [0.3, 0.4) is 0 Å². The van der Waals surface area contributed by atoms with Crippen molar-refractivity contribution >= 4 is 33.0 Å². The van der Waals surface area contributed by atoms with Crippen molar-refractivity contribution in [3.63, 3.8) is 0 Å². The molecule has 0 saturated carbocycles. The number of nitrogens with zero attached hydrogens (tertiary/aromatic N) is 4. The van der Waals surface area contributed by atoms with Crippen molar-refractivity contribution in [1.29, 1.82) is 5.26 Å². The van der Waals surface area contributed by atoms with Gasteiger partial charge in [-0.3, -0.25) is 9.89 Å². The van der Waals surface area contributed by atoms with E-state index >= 15 is 0 Å². The minimum absolute atomic E-state index is 0.210. The summed E-state index contributed by atoms with van der Waals surface area (Å²) < 4.78 is 2.45. The average Bonchev–Trinajstić information content (AvgIpc) is 3.05. The zero-order valence-electron chi connectivity index (χ0n) is 9.96. The molecule has 3 rings (SSSR count). The molecule has 2 N–H and O–H groups in total. The van der Waals surface area contributed by atoms with Crippen molar-refractivity contribution in [2.45, 2.75) is 0 Å². The van der Waals surface area contributed by atoms with E-state index in [4.69, 9.17) is 5.26 Å². The number of H-pyrrole nitrogens is 1. The van der Waals surface area contributed by atoms with Gasteiger partial charge in [-0.1, -0.05) is 0 Å². The third-order valence-corrected chi connectivity index (χ3v) is 3.34. The predicted octanol–water partition coefficient (Wildman–Crippen LogP) is 1.94. The van der Waals surface area contributed by atoms with Crippen LogP contribution in [0.2, 0.25) is 0 Å². The third kappa shape index (κ3) is 2.04. The van der Waals surface area contributed by atoms with E-state index in [1.54, 1.807) is 29.0 Å². The van der Waals surface area contributed by atoms with Gasteiger partial charge >= 0.3 is 0 Å². The SMILES string of the molecule is N#Cc1[nH]ncc1NC(=O)c1ccc2c(Br)cnn2c1. The fourth-order valence-electron chi connectivity index (χ4n) is 1.75. The van der Waals surface area contributed by atoms with E-state index in [9.17, 15) is 4.79 Å². The van der Waals surface area contributed by atoms with Gasteiger partial charge in [-0.15, -0.1) is 0 Å². The molecule has 0 saturated heterocycles. The fraction of sp³-hybridized carbons (Fsp3) is 0. The maximum absolute atomic E-state index is 12.1. The normalized spacial score (nSPS) is 10.4. The van der Waals surface area contributed by atoms with E-state index in [0.717, 1.165) is 9.99 Å². The monoisotopic (exact) mass is 330 g/mol. The quantitative estimate of drug-likeness (QED) is 0.750. The highest BCUT2D eigenvalue weighted by Crippen LogP contribution is 2.18. The summed E-state index contributed by atoms with van der Waals surface area (Å²) in [4.78, 5) is 12.1. The Hall–Kier alpha value is -2.66. The Morgan fingerprint density at radius 1 is 1.45 bits per heavy atom. The highest BCUT2D eigenvalue weighted by molar-refractivity contribution is 9.10. The molecule has 0 bridgehead atoms. The molecule has 8 heteroatoms. The van der Waals surface area contributed by atoms with E-state index in [2.05, 4.69) is 36.5 Å². The lowest BCUT2D eigenvalue weighted by Gasteiger charge is -2.03. The Labute approximate surface area is 121 Å². The Bertz CT molecular complexity index is 843. The summed E-state index contributed by atoms with van der Waals surface area (Å²) in [6.45, 7) is 0. The number of anilines is 1. The van der Waals surface area contributed by atoms with E-state index in [1.165, 1.54) is 6.20 Å². The first-order chi connectivity index (χ1) is 9.69. The molecule has 0 aliphatic carbocycles. The van der Waals surface area contributed by atoms with E-state index in [-0.39, 0.29) is 11.6 Å². The number of aromatic amines is 1. The molecule has 0 aliphatic heterocycles. The largest absolute Gasteiger partial charge is 0.318 e. The molecule has 3 aromatic rings. The second kappa shape index (κ2) is 4.79. The van der Waals surface area contributed by atoms with Crippen LogP contribution in [-0.4, -0.2) is 25.7 Å². The number of hydrogen-bond donors (Lipinski definition) is 2. The first-order valence-corrected chi connectivity index (χ1v) is 6.36. The van der Waals surface area contributed by atoms with Gasteiger partial charge in [-0.2, -0.15) is 15.5 Å². The van der Waals surface area contributed by atoms with Crippen LogP contribution in [0, 0.1) is 11.3 Å². The number of fused-ring (bicyclic) bond motifs is 1. The fourth-order valence-corrected chi connectivity index (χ4v) is 2.15. The maximum Gasteiger partial charge on any atom is 0.257 e. The van der Waals surface area contributed by atoms with Crippen LogP contribution in [0.25, 0.3) is 5.52 Å². The zero-order valence-corrected chi connectivity index (χ0v) is 11.5. The molecule has 0 aromatic carbocycles. The molecule has 3 aromatic heterocycles. The van der Waals surface area contributed by atoms with Gasteiger partial charge < -0.3 is 5.32 Å². The summed E-state index contributed by atoms with van der Waals surface area (Å²) in [7, 11) is 0. The Morgan fingerprint density at radius 2 is 2.30 bits per heavy atom. The van der Waals surface area contributed by atoms with Gasteiger partial charge in [0.15, 0.2) is 5.69 Å². The van der Waals surface area contributed by atoms with Crippen molar-refractivity contribution in [3.8, 4) is 6.07 Å². The molecule has 7 nitrogen and oxygen atoms in total. The van der Waals surface area contributed by atoms with Crippen molar-refractivity contribution in [2.75, 3.05) is 5.32 Å². The summed E-state index contributed by atoms with van der Waals surface area (Å²) >= 11 is 3.36. The number of rotatable bonds is 2. The smallest absolute Gasteiger partial charge is 0.257 e. The minimum atomic E-state index is -0.337. The number of halogens is 1. The van der Waals surface area contributed by atoms with Gasteiger partial charge in [0.2, 0.25) is 0 Å². The second-order valence-electron chi connectivity index (χ2n) is 3.96. The van der Waals surface area contributed by atoms with Gasteiger partial charge in [0.25, 0.3) is 5.91 Å². The van der Waals surface area contributed by atoms with Gasteiger partial charge in [0.1, 0.15) is 6.07 Å². The Balaban J connectivity index is 1.91. The summed E-state index contributed by atoms with van der Waals surface area (Å²) in [5.74, 6) is -0.337. The minimum Gasteiger partial charge on any atom is -0.318 e. The van der Waals surface area contributed by atoms with Gasteiger partial charge in [0.05, 0.1) is 33.6 Å². The van der Waals surface area contributed by atoms with Crippen molar-refractivity contribution < 1.29 is 4.79 Å². The van der Waals surface area contributed by atoms with E-state index < -0.39 is 0 Å². The van der Waals surface area contributed by atoms with Crippen molar-refractivity contribution in [3.05, 3.63) is 46.5 Å².